The predicted octanol–water partition coefficient (Wildman–Crippen LogP) is 1.15. The minimum Gasteiger partial charge on any atom is -0.369 e. The summed E-state index contributed by atoms with van der Waals surface area (Å²) in [6.45, 7) is 1.45. The zero-order valence-electron chi connectivity index (χ0n) is 10.8. The summed E-state index contributed by atoms with van der Waals surface area (Å²) in [5.41, 5.74) is 5.32. The summed E-state index contributed by atoms with van der Waals surface area (Å²) in [6, 6.07) is 0. The van der Waals surface area contributed by atoms with Crippen LogP contribution in [0.25, 0.3) is 0 Å². The maximum atomic E-state index is 12.5. The van der Waals surface area contributed by atoms with Crippen LogP contribution in [0.5, 0.6) is 0 Å². The number of piperidine rings is 1. The molecule has 2 amide bonds. The minimum atomic E-state index is -0.206. The monoisotopic (exact) mass is 250 g/mol. The van der Waals surface area contributed by atoms with E-state index >= 15 is 0 Å². The molecular weight excluding hydrogens is 228 g/mol. The zero-order chi connectivity index (χ0) is 12.7. The fraction of sp³-hybridized carbons (Fsp3) is 0.857. The van der Waals surface area contributed by atoms with Crippen LogP contribution in [-0.2, 0) is 9.59 Å². The van der Waals surface area contributed by atoms with Gasteiger partial charge in [-0.3, -0.25) is 9.59 Å². The molecule has 4 heteroatoms. The molecule has 3 aliphatic rings. The highest BCUT2D eigenvalue weighted by Gasteiger charge is 2.44. The molecule has 3 atom stereocenters. The lowest BCUT2D eigenvalue weighted by Crippen LogP contribution is -2.45. The number of likely N-dealkylation sites (tertiary alicyclic amines) is 1. The molecule has 3 rings (SSSR count). The second-order valence-corrected chi connectivity index (χ2v) is 6.28. The summed E-state index contributed by atoms with van der Waals surface area (Å²) in [5, 5.41) is 0. The van der Waals surface area contributed by atoms with Gasteiger partial charge in [0.25, 0.3) is 0 Å². The van der Waals surface area contributed by atoms with E-state index in [0.29, 0.717) is 11.8 Å². The van der Waals surface area contributed by atoms with E-state index in [1.807, 2.05) is 4.90 Å². The average molecular weight is 250 g/mol. The highest BCUT2D eigenvalue weighted by Crippen LogP contribution is 2.49. The quantitative estimate of drug-likeness (QED) is 0.799. The molecule has 100 valence electrons. The van der Waals surface area contributed by atoms with Crippen LogP contribution in [0.2, 0.25) is 0 Å². The van der Waals surface area contributed by atoms with Crippen molar-refractivity contribution in [3.05, 3.63) is 0 Å². The molecule has 2 saturated carbocycles. The fourth-order valence-electron chi connectivity index (χ4n) is 4.17. The van der Waals surface area contributed by atoms with Crippen molar-refractivity contribution in [3.8, 4) is 0 Å². The molecule has 2 aliphatic carbocycles. The van der Waals surface area contributed by atoms with Gasteiger partial charge in [-0.05, 0) is 43.9 Å². The van der Waals surface area contributed by atoms with Crippen LogP contribution in [-0.4, -0.2) is 29.8 Å². The highest BCUT2D eigenvalue weighted by atomic mass is 16.2. The van der Waals surface area contributed by atoms with Crippen molar-refractivity contribution >= 4 is 11.8 Å². The van der Waals surface area contributed by atoms with Crippen molar-refractivity contribution in [3.63, 3.8) is 0 Å². The first-order valence-corrected chi connectivity index (χ1v) is 7.23. The number of nitrogens with two attached hydrogens (primary N) is 1. The third kappa shape index (κ3) is 2.02. The molecule has 1 aliphatic heterocycles. The maximum Gasteiger partial charge on any atom is 0.225 e. The number of primary amides is 1. The number of nitrogens with zero attached hydrogens (tertiary/aromatic N) is 1. The Labute approximate surface area is 108 Å². The van der Waals surface area contributed by atoms with Gasteiger partial charge in [0.15, 0.2) is 0 Å². The molecule has 1 heterocycles. The molecule has 3 fully saturated rings. The molecule has 3 unspecified atom stereocenters. The Morgan fingerprint density at radius 3 is 2.22 bits per heavy atom. The van der Waals surface area contributed by atoms with Crippen molar-refractivity contribution in [2.45, 2.75) is 38.5 Å². The molecule has 0 aromatic carbocycles. The highest BCUT2D eigenvalue weighted by molar-refractivity contribution is 5.81. The van der Waals surface area contributed by atoms with E-state index in [1.165, 1.54) is 19.3 Å². The Bertz CT molecular complexity index is 361. The van der Waals surface area contributed by atoms with Crippen LogP contribution >= 0.6 is 0 Å². The van der Waals surface area contributed by atoms with Crippen molar-refractivity contribution in [2.24, 2.45) is 29.4 Å². The first-order chi connectivity index (χ1) is 8.65. The normalized spacial score (nSPS) is 36.0. The lowest BCUT2D eigenvalue weighted by molar-refractivity contribution is -0.140. The van der Waals surface area contributed by atoms with Crippen molar-refractivity contribution < 1.29 is 9.59 Å². The van der Waals surface area contributed by atoms with Crippen LogP contribution in [0, 0.1) is 23.7 Å². The Balaban J connectivity index is 1.56. The number of hydrogen-bond donors (Lipinski definition) is 1. The Hall–Kier alpha value is -1.06. The number of carbonyl (C=O) groups excluding carboxylic acids is 2. The van der Waals surface area contributed by atoms with E-state index < -0.39 is 0 Å². The van der Waals surface area contributed by atoms with Crippen LogP contribution in [0.3, 0.4) is 0 Å². The van der Waals surface area contributed by atoms with Gasteiger partial charge in [0, 0.05) is 24.9 Å². The van der Waals surface area contributed by atoms with Gasteiger partial charge in [-0.2, -0.15) is 0 Å². The second kappa shape index (κ2) is 4.56. The van der Waals surface area contributed by atoms with E-state index in [9.17, 15) is 9.59 Å². The standard InChI is InChI=1S/C14H22N2O2/c15-13(17)10-3-5-16(6-4-10)14(18)12-8-9-1-2-11(12)7-9/h9-12H,1-8H2,(H2,15,17). The number of hydrogen-bond acceptors (Lipinski definition) is 2. The SMILES string of the molecule is NC(=O)C1CCN(C(=O)C2CC3CCC2C3)CC1. The third-order valence-electron chi connectivity index (χ3n) is 5.26. The third-order valence-corrected chi connectivity index (χ3v) is 5.26. The van der Waals surface area contributed by atoms with Gasteiger partial charge >= 0.3 is 0 Å². The Morgan fingerprint density at radius 1 is 1.00 bits per heavy atom. The number of carbonyl (C=O) groups is 2. The molecule has 18 heavy (non-hydrogen) atoms. The average Bonchev–Trinajstić information content (AvgIpc) is 3.00. The van der Waals surface area contributed by atoms with E-state index in [-0.39, 0.29) is 17.7 Å². The fourth-order valence-corrected chi connectivity index (χ4v) is 4.17. The molecule has 2 N–H and O–H groups in total. The Kier molecular flexibility index (Phi) is 3.04. The minimum absolute atomic E-state index is 0.0194. The summed E-state index contributed by atoms with van der Waals surface area (Å²) < 4.78 is 0. The lowest BCUT2D eigenvalue weighted by Gasteiger charge is -2.34. The van der Waals surface area contributed by atoms with Crippen molar-refractivity contribution in [1.82, 2.24) is 4.90 Å². The van der Waals surface area contributed by atoms with Gasteiger partial charge in [0.05, 0.1) is 0 Å². The van der Waals surface area contributed by atoms with Gasteiger partial charge in [-0.1, -0.05) is 6.42 Å². The number of amides is 2. The van der Waals surface area contributed by atoms with Crippen LogP contribution in [0.1, 0.15) is 38.5 Å². The molecule has 0 aromatic heterocycles. The second-order valence-electron chi connectivity index (χ2n) is 6.28. The largest absolute Gasteiger partial charge is 0.369 e. The van der Waals surface area contributed by atoms with Crippen molar-refractivity contribution in [2.75, 3.05) is 13.1 Å². The molecule has 1 saturated heterocycles. The van der Waals surface area contributed by atoms with Gasteiger partial charge < -0.3 is 10.6 Å². The maximum absolute atomic E-state index is 12.5. The predicted molar refractivity (Wildman–Crippen MR) is 67.4 cm³/mol. The molecule has 2 bridgehead atoms. The van der Waals surface area contributed by atoms with Gasteiger partial charge in [0.1, 0.15) is 0 Å². The molecule has 4 nitrogen and oxygen atoms in total. The van der Waals surface area contributed by atoms with Crippen molar-refractivity contribution in [1.29, 1.82) is 0 Å². The lowest BCUT2D eigenvalue weighted by atomic mass is 9.86. The smallest absolute Gasteiger partial charge is 0.225 e. The Morgan fingerprint density at radius 2 is 1.72 bits per heavy atom. The molecular formula is C14H22N2O2. The molecule has 0 radical (unpaired) electrons. The van der Waals surface area contributed by atoms with E-state index in [1.54, 1.807) is 0 Å². The molecule has 0 aromatic rings. The first-order valence-electron chi connectivity index (χ1n) is 7.23. The van der Waals surface area contributed by atoms with Crippen LogP contribution in [0.15, 0.2) is 0 Å². The van der Waals surface area contributed by atoms with Crippen LogP contribution < -0.4 is 5.73 Å². The summed E-state index contributed by atoms with van der Waals surface area (Å²) >= 11 is 0. The summed E-state index contributed by atoms with van der Waals surface area (Å²) in [5.74, 6) is 1.87. The van der Waals surface area contributed by atoms with Gasteiger partial charge in [-0.15, -0.1) is 0 Å². The van der Waals surface area contributed by atoms with Crippen LogP contribution in [0.4, 0.5) is 0 Å². The first kappa shape index (κ1) is 12.0. The topological polar surface area (TPSA) is 63.4 Å². The zero-order valence-corrected chi connectivity index (χ0v) is 10.8. The van der Waals surface area contributed by atoms with Gasteiger partial charge in [-0.25, -0.2) is 0 Å². The number of fused-ring (bicyclic) bond motifs is 2. The van der Waals surface area contributed by atoms with E-state index in [0.717, 1.165) is 38.3 Å². The number of rotatable bonds is 2. The summed E-state index contributed by atoms with van der Waals surface area (Å²) in [6.07, 6.45) is 6.47. The van der Waals surface area contributed by atoms with E-state index in [4.69, 9.17) is 5.73 Å². The van der Waals surface area contributed by atoms with Gasteiger partial charge in [0.2, 0.25) is 11.8 Å². The molecule has 0 spiro atoms. The summed E-state index contributed by atoms with van der Waals surface area (Å²) in [7, 11) is 0. The van der Waals surface area contributed by atoms with E-state index in [2.05, 4.69) is 0 Å². The summed E-state index contributed by atoms with van der Waals surface area (Å²) in [4.78, 5) is 25.6.